The molecule has 0 fully saturated rings. The first-order valence-corrected chi connectivity index (χ1v) is 7.73. The van der Waals surface area contributed by atoms with Crippen molar-refractivity contribution < 1.29 is 14.3 Å². The molecule has 0 aliphatic carbocycles. The summed E-state index contributed by atoms with van der Waals surface area (Å²) in [7, 11) is 0. The average molecular weight is 367 g/mol. The van der Waals surface area contributed by atoms with Crippen LogP contribution >= 0.6 is 23.2 Å². The van der Waals surface area contributed by atoms with Gasteiger partial charge in [0.15, 0.2) is 0 Å². The molecule has 2 heterocycles. The molecule has 3 aromatic rings. The van der Waals surface area contributed by atoms with Crippen molar-refractivity contribution in [1.82, 2.24) is 19.6 Å². The molecular weight excluding hydrogens is 355 g/mol. The van der Waals surface area contributed by atoms with Crippen LogP contribution in [0.25, 0.3) is 5.78 Å². The predicted octanol–water partition coefficient (Wildman–Crippen LogP) is 2.98. The quantitative estimate of drug-likeness (QED) is 0.510. The van der Waals surface area contributed by atoms with Crippen molar-refractivity contribution >= 4 is 34.9 Å². The number of fused-ring (bicyclic) bond motifs is 1. The third-order valence-corrected chi connectivity index (χ3v) is 3.61. The number of carbonyl (C=O) groups excluding carboxylic acids is 1. The zero-order valence-electron chi connectivity index (χ0n) is 12.6. The number of aryl methyl sites for hydroxylation is 1. The maximum atomic E-state index is 12.0. The molecule has 2 aromatic heterocycles. The van der Waals surface area contributed by atoms with Crippen molar-refractivity contribution in [1.29, 1.82) is 0 Å². The van der Waals surface area contributed by atoms with E-state index in [9.17, 15) is 4.79 Å². The molecule has 0 saturated heterocycles. The van der Waals surface area contributed by atoms with Gasteiger partial charge in [0, 0.05) is 16.9 Å². The molecule has 3 rings (SSSR count). The Hall–Kier alpha value is -2.38. The van der Waals surface area contributed by atoms with E-state index in [1.807, 2.05) is 6.92 Å². The number of hydrogen-bond donors (Lipinski definition) is 0. The van der Waals surface area contributed by atoms with Crippen molar-refractivity contribution in [2.45, 2.75) is 6.92 Å². The van der Waals surface area contributed by atoms with E-state index in [4.69, 9.17) is 32.7 Å². The van der Waals surface area contributed by atoms with Gasteiger partial charge in [0.2, 0.25) is 0 Å². The summed E-state index contributed by atoms with van der Waals surface area (Å²) in [5, 5.41) is 4.97. The summed E-state index contributed by atoms with van der Waals surface area (Å²) in [4.78, 5) is 20.0. The number of benzene rings is 1. The Morgan fingerprint density at radius 2 is 2.08 bits per heavy atom. The van der Waals surface area contributed by atoms with E-state index in [-0.39, 0.29) is 19.0 Å². The predicted molar refractivity (Wildman–Crippen MR) is 87.8 cm³/mol. The highest BCUT2D eigenvalue weighted by Gasteiger charge is 2.15. The standard InChI is InChI=1S/C15H12Cl2N4O3/c1-9-4-5-18-15-19-13(20-21(9)15)14(22)24-7-6-23-12-3-2-10(16)8-11(12)17/h2-5,8H,6-7H2,1H3. The second-order valence-corrected chi connectivity index (χ2v) is 5.64. The molecule has 0 spiro atoms. The lowest BCUT2D eigenvalue weighted by molar-refractivity contribution is 0.0437. The molecule has 9 heteroatoms. The summed E-state index contributed by atoms with van der Waals surface area (Å²) in [6.45, 7) is 2.00. The summed E-state index contributed by atoms with van der Waals surface area (Å²) < 4.78 is 12.0. The summed E-state index contributed by atoms with van der Waals surface area (Å²) >= 11 is 11.8. The summed E-state index contributed by atoms with van der Waals surface area (Å²) in [5.41, 5.74) is 0.812. The van der Waals surface area contributed by atoms with Crippen LogP contribution in [0.5, 0.6) is 5.75 Å². The topological polar surface area (TPSA) is 78.6 Å². The average Bonchev–Trinajstić information content (AvgIpc) is 2.99. The maximum absolute atomic E-state index is 12.0. The molecule has 124 valence electrons. The number of hydrogen-bond acceptors (Lipinski definition) is 6. The molecule has 24 heavy (non-hydrogen) atoms. The number of ether oxygens (including phenoxy) is 2. The van der Waals surface area contributed by atoms with Crippen LogP contribution in [-0.4, -0.2) is 38.8 Å². The number of rotatable bonds is 5. The molecular formula is C15H12Cl2N4O3. The van der Waals surface area contributed by atoms with Crippen molar-refractivity contribution in [2.75, 3.05) is 13.2 Å². The summed E-state index contributed by atoms with van der Waals surface area (Å²) in [6, 6.07) is 6.64. The van der Waals surface area contributed by atoms with Gasteiger partial charge in [0.05, 0.1) is 5.02 Å². The van der Waals surface area contributed by atoms with Gasteiger partial charge in [-0.1, -0.05) is 23.2 Å². The smallest absolute Gasteiger partial charge is 0.378 e. The molecule has 0 unspecified atom stereocenters. The number of halogens is 2. The van der Waals surface area contributed by atoms with Gasteiger partial charge in [0.25, 0.3) is 11.6 Å². The Labute approximate surface area is 147 Å². The number of nitrogens with zero attached hydrogens (tertiary/aromatic N) is 4. The SMILES string of the molecule is Cc1ccnc2nc(C(=O)OCCOc3ccc(Cl)cc3Cl)nn12. The van der Waals surface area contributed by atoms with Crippen LogP contribution in [0.2, 0.25) is 10.0 Å². The van der Waals surface area contributed by atoms with Crippen molar-refractivity contribution in [3.05, 3.63) is 52.0 Å². The highest BCUT2D eigenvalue weighted by Crippen LogP contribution is 2.27. The van der Waals surface area contributed by atoms with Gasteiger partial charge in [0.1, 0.15) is 19.0 Å². The van der Waals surface area contributed by atoms with E-state index in [0.29, 0.717) is 21.6 Å². The van der Waals surface area contributed by atoms with Gasteiger partial charge in [-0.05, 0) is 31.2 Å². The Morgan fingerprint density at radius 1 is 1.25 bits per heavy atom. The molecule has 0 atom stereocenters. The van der Waals surface area contributed by atoms with E-state index < -0.39 is 5.97 Å². The maximum Gasteiger partial charge on any atom is 0.378 e. The van der Waals surface area contributed by atoms with Crippen LogP contribution < -0.4 is 4.74 Å². The van der Waals surface area contributed by atoms with Gasteiger partial charge in [-0.15, -0.1) is 5.10 Å². The van der Waals surface area contributed by atoms with Gasteiger partial charge in [-0.25, -0.2) is 14.3 Å². The largest absolute Gasteiger partial charge is 0.488 e. The molecule has 0 aliphatic rings. The van der Waals surface area contributed by atoms with Gasteiger partial charge in [-0.2, -0.15) is 4.98 Å². The normalized spacial score (nSPS) is 10.8. The highest BCUT2D eigenvalue weighted by atomic mass is 35.5. The van der Waals surface area contributed by atoms with E-state index >= 15 is 0 Å². The van der Waals surface area contributed by atoms with Crippen molar-refractivity contribution in [3.63, 3.8) is 0 Å². The first-order chi connectivity index (χ1) is 11.5. The van der Waals surface area contributed by atoms with Gasteiger partial charge in [-0.3, -0.25) is 0 Å². The number of carbonyl (C=O) groups is 1. The fourth-order valence-corrected chi connectivity index (χ4v) is 2.40. The van der Waals surface area contributed by atoms with Crippen LogP contribution in [0.3, 0.4) is 0 Å². The van der Waals surface area contributed by atoms with Crippen molar-refractivity contribution in [2.24, 2.45) is 0 Å². The van der Waals surface area contributed by atoms with Crippen LogP contribution in [0, 0.1) is 6.92 Å². The molecule has 0 aliphatic heterocycles. The minimum atomic E-state index is -0.647. The van der Waals surface area contributed by atoms with E-state index in [2.05, 4.69) is 15.1 Å². The molecule has 7 nitrogen and oxygen atoms in total. The zero-order valence-corrected chi connectivity index (χ0v) is 14.1. The molecule has 0 bridgehead atoms. The second-order valence-electron chi connectivity index (χ2n) is 4.79. The highest BCUT2D eigenvalue weighted by molar-refractivity contribution is 6.35. The van der Waals surface area contributed by atoms with E-state index in [0.717, 1.165) is 5.69 Å². The monoisotopic (exact) mass is 366 g/mol. The minimum absolute atomic E-state index is 0.0275. The van der Waals surface area contributed by atoms with Gasteiger partial charge >= 0.3 is 5.97 Å². The third-order valence-electron chi connectivity index (χ3n) is 3.08. The lowest BCUT2D eigenvalue weighted by Crippen LogP contribution is -2.14. The molecule has 1 aromatic carbocycles. The Morgan fingerprint density at radius 3 is 2.83 bits per heavy atom. The Bertz CT molecular complexity index is 898. The first-order valence-electron chi connectivity index (χ1n) is 6.98. The fraction of sp³-hybridized carbons (Fsp3) is 0.200. The molecule has 0 N–H and O–H groups in total. The lowest BCUT2D eigenvalue weighted by Gasteiger charge is -2.08. The van der Waals surface area contributed by atoms with Crippen LogP contribution in [-0.2, 0) is 4.74 Å². The Balaban J connectivity index is 1.56. The Kier molecular flexibility index (Phi) is 4.82. The van der Waals surface area contributed by atoms with Crippen LogP contribution in [0.15, 0.2) is 30.5 Å². The van der Waals surface area contributed by atoms with E-state index in [1.165, 1.54) is 4.52 Å². The van der Waals surface area contributed by atoms with E-state index in [1.54, 1.807) is 30.5 Å². The second kappa shape index (κ2) is 7.02. The van der Waals surface area contributed by atoms with Crippen LogP contribution in [0.4, 0.5) is 0 Å². The molecule has 0 radical (unpaired) electrons. The molecule has 0 amide bonds. The number of aromatic nitrogens is 4. The number of esters is 1. The van der Waals surface area contributed by atoms with Gasteiger partial charge < -0.3 is 9.47 Å². The van der Waals surface area contributed by atoms with Crippen molar-refractivity contribution in [3.8, 4) is 5.75 Å². The minimum Gasteiger partial charge on any atom is -0.488 e. The van der Waals surface area contributed by atoms with Crippen LogP contribution in [0.1, 0.15) is 16.3 Å². The third kappa shape index (κ3) is 3.58. The summed E-state index contributed by atoms with van der Waals surface area (Å²) in [5.74, 6) is 0.0981. The molecule has 0 saturated carbocycles. The fourth-order valence-electron chi connectivity index (χ4n) is 1.94. The summed E-state index contributed by atoms with van der Waals surface area (Å²) in [6.07, 6.45) is 1.60. The zero-order chi connectivity index (χ0) is 17.1. The first kappa shape index (κ1) is 16.5. The lowest BCUT2D eigenvalue weighted by atomic mass is 10.3.